The van der Waals surface area contributed by atoms with Gasteiger partial charge in [-0.2, -0.15) is 0 Å². The van der Waals surface area contributed by atoms with Gasteiger partial charge in [0.2, 0.25) is 0 Å². The van der Waals surface area contributed by atoms with E-state index in [0.717, 1.165) is 27.9 Å². The summed E-state index contributed by atoms with van der Waals surface area (Å²) in [7, 11) is 0. The number of hydrogen-bond acceptors (Lipinski definition) is 8. The van der Waals surface area contributed by atoms with E-state index < -0.39 is 11.6 Å². The van der Waals surface area contributed by atoms with E-state index >= 15 is 0 Å². The number of hydrogen-bond donors (Lipinski definition) is 2. The first-order valence-electron chi connectivity index (χ1n) is 11.3. The lowest BCUT2D eigenvalue weighted by molar-refractivity contribution is -0.152. The molecule has 1 aromatic heterocycles. The Balaban J connectivity index is 1.52. The summed E-state index contributed by atoms with van der Waals surface area (Å²) < 4.78 is 11.4. The molecule has 1 aliphatic rings. The molecule has 0 unspecified atom stereocenters. The quantitative estimate of drug-likeness (QED) is 0.440. The smallest absolute Gasteiger partial charge is 0.347 e. The molecule has 0 saturated carbocycles. The lowest BCUT2D eigenvalue weighted by Crippen LogP contribution is -2.40. The van der Waals surface area contributed by atoms with E-state index in [4.69, 9.17) is 14.1 Å². The molecule has 0 aliphatic carbocycles. The summed E-state index contributed by atoms with van der Waals surface area (Å²) in [5.74, 6) is 0.290. The minimum atomic E-state index is -1.32. The molecule has 3 aromatic rings. The van der Waals surface area contributed by atoms with Crippen molar-refractivity contribution in [3.63, 3.8) is 0 Å². The zero-order valence-electron chi connectivity index (χ0n) is 20.3. The minimum Gasteiger partial charge on any atom is -0.478 e. The predicted molar refractivity (Wildman–Crippen MR) is 130 cm³/mol. The van der Waals surface area contributed by atoms with Crippen molar-refractivity contribution in [2.75, 3.05) is 6.67 Å². The van der Waals surface area contributed by atoms with Crippen LogP contribution in [0.3, 0.4) is 0 Å². The van der Waals surface area contributed by atoms with E-state index in [1.165, 1.54) is 0 Å². The van der Waals surface area contributed by atoms with Gasteiger partial charge in [-0.1, -0.05) is 47.6 Å². The molecule has 4 rings (SSSR count). The highest BCUT2D eigenvalue weighted by molar-refractivity contribution is 5.77. The Hall–Kier alpha value is -3.82. The number of aryl methyl sites for hydroxylation is 2. The number of benzene rings is 2. The number of carbonyl (C=O) groups is 1. The van der Waals surface area contributed by atoms with Crippen molar-refractivity contribution in [2.45, 2.75) is 46.4 Å². The van der Waals surface area contributed by atoms with Gasteiger partial charge in [0.05, 0.1) is 11.9 Å². The number of aliphatic carboxylic acids is 1. The van der Waals surface area contributed by atoms with Crippen LogP contribution in [-0.2, 0) is 22.7 Å². The fraction of sp³-hybridized carbons (Fsp3) is 0.308. The van der Waals surface area contributed by atoms with Crippen molar-refractivity contribution >= 4 is 5.97 Å². The highest BCUT2D eigenvalue weighted by atomic mass is 16.7. The first-order chi connectivity index (χ1) is 16.7. The number of carboxylic acid groups (broad SMARTS) is 1. The SMILES string of the molecule is Cc1cc(CN(Cc2cc(-c3ccccc3)on2)CN2NC=CO2)cc(C)c1OC(C)(C)C(=O)O. The second kappa shape index (κ2) is 10.2. The van der Waals surface area contributed by atoms with Gasteiger partial charge in [0.15, 0.2) is 11.4 Å². The molecule has 0 spiro atoms. The van der Waals surface area contributed by atoms with Gasteiger partial charge in [0.25, 0.3) is 0 Å². The van der Waals surface area contributed by atoms with Gasteiger partial charge in [-0.05, 0) is 49.6 Å². The number of ether oxygens (including phenoxy) is 1. The number of carboxylic acids is 1. The van der Waals surface area contributed by atoms with E-state index in [9.17, 15) is 9.90 Å². The molecule has 2 N–H and O–H groups in total. The number of nitrogens with zero attached hydrogens (tertiary/aromatic N) is 3. The van der Waals surface area contributed by atoms with Crippen LogP contribution in [0.5, 0.6) is 5.75 Å². The summed E-state index contributed by atoms with van der Waals surface area (Å²) in [5.41, 5.74) is 6.28. The average molecular weight is 479 g/mol. The number of aromatic nitrogens is 1. The van der Waals surface area contributed by atoms with Crippen LogP contribution in [0.1, 0.15) is 36.2 Å². The van der Waals surface area contributed by atoms with Gasteiger partial charge < -0.3 is 19.2 Å². The van der Waals surface area contributed by atoms with Crippen LogP contribution in [0.4, 0.5) is 0 Å². The predicted octanol–water partition coefficient (Wildman–Crippen LogP) is 4.38. The zero-order valence-corrected chi connectivity index (χ0v) is 20.3. The molecule has 0 radical (unpaired) electrons. The first kappa shape index (κ1) is 24.3. The average Bonchev–Trinajstić information content (AvgIpc) is 3.49. The second-order valence-corrected chi connectivity index (χ2v) is 9.07. The molecule has 0 bridgehead atoms. The number of nitrogens with one attached hydrogen (secondary N) is 1. The standard InChI is InChI=1S/C26H30N4O5/c1-18-12-20(13-19(2)24(18)34-26(3,4)25(31)32)15-29(17-30-27-10-11-33-30)16-22-14-23(35-28-22)21-8-6-5-7-9-21/h5-14,27H,15-17H2,1-4H3,(H,31,32). The number of hydrazine groups is 1. The first-order valence-corrected chi connectivity index (χ1v) is 11.3. The molecule has 2 aromatic carbocycles. The fourth-order valence-corrected chi connectivity index (χ4v) is 3.86. The Morgan fingerprint density at radius 3 is 2.49 bits per heavy atom. The van der Waals surface area contributed by atoms with Crippen LogP contribution in [0, 0.1) is 13.8 Å². The van der Waals surface area contributed by atoms with Crippen molar-refractivity contribution in [3.05, 3.63) is 83.4 Å². The summed E-state index contributed by atoms with van der Waals surface area (Å²) in [4.78, 5) is 19.1. The third kappa shape index (κ3) is 6.00. The summed E-state index contributed by atoms with van der Waals surface area (Å²) in [6.45, 7) is 8.52. The van der Waals surface area contributed by atoms with Gasteiger partial charge in [-0.25, -0.2) is 4.79 Å². The Bertz CT molecular complexity index is 1170. The normalized spacial score (nSPS) is 13.6. The second-order valence-electron chi connectivity index (χ2n) is 9.07. The maximum Gasteiger partial charge on any atom is 0.347 e. The Morgan fingerprint density at radius 1 is 1.14 bits per heavy atom. The maximum atomic E-state index is 11.5. The van der Waals surface area contributed by atoms with E-state index in [0.29, 0.717) is 31.3 Å². The molecule has 184 valence electrons. The van der Waals surface area contributed by atoms with E-state index in [1.807, 2.05) is 62.4 Å². The monoisotopic (exact) mass is 478 g/mol. The van der Waals surface area contributed by atoms with Crippen molar-refractivity contribution in [2.24, 2.45) is 0 Å². The van der Waals surface area contributed by atoms with Crippen LogP contribution in [-0.4, -0.2) is 38.6 Å². The molecule has 35 heavy (non-hydrogen) atoms. The fourth-order valence-electron chi connectivity index (χ4n) is 3.86. The van der Waals surface area contributed by atoms with Crippen LogP contribution in [0.2, 0.25) is 0 Å². The van der Waals surface area contributed by atoms with Gasteiger partial charge in [-0.3, -0.25) is 10.3 Å². The molecular formula is C26H30N4O5. The molecule has 1 aliphatic heterocycles. The number of rotatable bonds is 10. The highest BCUT2D eigenvalue weighted by Crippen LogP contribution is 2.29. The summed E-state index contributed by atoms with van der Waals surface area (Å²) >= 11 is 0. The van der Waals surface area contributed by atoms with Crippen LogP contribution in [0.25, 0.3) is 11.3 Å². The highest BCUT2D eigenvalue weighted by Gasteiger charge is 2.30. The Morgan fingerprint density at radius 2 is 1.86 bits per heavy atom. The summed E-state index contributed by atoms with van der Waals surface area (Å²) in [5, 5.41) is 15.3. The molecule has 9 nitrogen and oxygen atoms in total. The lowest BCUT2D eigenvalue weighted by atomic mass is 10.0. The third-order valence-corrected chi connectivity index (χ3v) is 5.60. The number of hydroxylamine groups is 1. The molecular weight excluding hydrogens is 448 g/mol. The van der Waals surface area contributed by atoms with Crippen molar-refractivity contribution in [1.82, 2.24) is 20.7 Å². The lowest BCUT2D eigenvalue weighted by Gasteiger charge is -2.27. The maximum absolute atomic E-state index is 11.5. The Kier molecular flexibility index (Phi) is 7.09. The van der Waals surface area contributed by atoms with Crippen LogP contribution in [0.15, 0.2) is 65.5 Å². The Labute approximate surface area is 204 Å². The van der Waals surface area contributed by atoms with E-state index in [-0.39, 0.29) is 0 Å². The molecule has 0 saturated heterocycles. The minimum absolute atomic E-state index is 0.461. The van der Waals surface area contributed by atoms with Gasteiger partial charge in [0.1, 0.15) is 18.7 Å². The summed E-state index contributed by atoms with van der Waals surface area (Å²) in [6.07, 6.45) is 3.29. The largest absolute Gasteiger partial charge is 0.478 e. The molecule has 9 heteroatoms. The van der Waals surface area contributed by atoms with E-state index in [2.05, 4.69) is 15.5 Å². The van der Waals surface area contributed by atoms with Gasteiger partial charge in [0, 0.05) is 24.7 Å². The van der Waals surface area contributed by atoms with Gasteiger partial charge in [-0.15, -0.1) is 0 Å². The third-order valence-electron chi connectivity index (χ3n) is 5.60. The molecule has 0 atom stereocenters. The van der Waals surface area contributed by atoms with Crippen molar-refractivity contribution in [1.29, 1.82) is 0 Å². The van der Waals surface area contributed by atoms with Gasteiger partial charge >= 0.3 is 5.97 Å². The summed E-state index contributed by atoms with van der Waals surface area (Å²) in [6, 6.07) is 15.8. The molecule has 2 heterocycles. The van der Waals surface area contributed by atoms with Crippen molar-refractivity contribution in [3.8, 4) is 17.1 Å². The molecule has 0 amide bonds. The molecule has 0 fully saturated rings. The van der Waals surface area contributed by atoms with Crippen molar-refractivity contribution < 1.29 is 24.0 Å². The zero-order chi connectivity index (χ0) is 25.0. The topological polar surface area (TPSA) is 100 Å². The van der Waals surface area contributed by atoms with E-state index in [1.54, 1.807) is 31.5 Å². The van der Waals surface area contributed by atoms with Crippen LogP contribution < -0.4 is 10.2 Å². The van der Waals surface area contributed by atoms with Crippen LogP contribution >= 0.6 is 0 Å².